The predicted octanol–water partition coefficient (Wildman–Crippen LogP) is 1.70. The maximum Gasteiger partial charge on any atom is 0.315 e. The Labute approximate surface area is 92.3 Å². The van der Waals surface area contributed by atoms with Gasteiger partial charge in [-0.1, -0.05) is 11.8 Å². The molecule has 4 nitrogen and oxygen atoms in total. The zero-order chi connectivity index (χ0) is 11.5. The Bertz CT molecular complexity index is 602. The molecule has 2 aromatic rings. The summed E-state index contributed by atoms with van der Waals surface area (Å²) >= 11 is 0. The molecule has 0 fully saturated rings. The highest BCUT2D eigenvalue weighted by Gasteiger charge is 2.00. The van der Waals surface area contributed by atoms with Gasteiger partial charge in [0.25, 0.3) is 0 Å². The van der Waals surface area contributed by atoms with E-state index in [-0.39, 0.29) is 6.42 Å². The number of nitrogens with one attached hydrogen (secondary N) is 1. The number of fused-ring (bicyclic) bond motifs is 1. The molecule has 2 N–H and O–H groups in total. The molecule has 0 atom stereocenters. The predicted molar refractivity (Wildman–Crippen MR) is 60.0 cm³/mol. The minimum absolute atomic E-state index is 0.141. The van der Waals surface area contributed by atoms with Crippen LogP contribution in [0.15, 0.2) is 18.2 Å². The average molecular weight is 214 g/mol. The van der Waals surface area contributed by atoms with Gasteiger partial charge in [0, 0.05) is 16.6 Å². The van der Waals surface area contributed by atoms with Crippen LogP contribution in [0.5, 0.6) is 0 Å². The van der Waals surface area contributed by atoms with E-state index in [0.717, 1.165) is 22.2 Å². The zero-order valence-corrected chi connectivity index (χ0v) is 8.74. The maximum absolute atomic E-state index is 10.3. The summed E-state index contributed by atoms with van der Waals surface area (Å²) in [6.45, 7) is 1.95. The minimum Gasteiger partial charge on any atom is -0.481 e. The molecular weight excluding hydrogens is 204 g/mol. The zero-order valence-electron chi connectivity index (χ0n) is 8.74. The van der Waals surface area contributed by atoms with Gasteiger partial charge in [-0.15, -0.1) is 0 Å². The average Bonchev–Trinajstić information content (AvgIpc) is 2.60. The van der Waals surface area contributed by atoms with Gasteiger partial charge >= 0.3 is 5.97 Å². The minimum atomic E-state index is -0.913. The van der Waals surface area contributed by atoms with E-state index in [1.54, 1.807) is 0 Å². The number of aromatic amines is 1. The number of nitrogens with zero attached hydrogens (tertiary/aromatic N) is 1. The molecule has 4 heteroatoms. The standard InChI is InChI=1S/C12H10N2O2/c1-8-10-6-5-9(3-2-4-12(15)16)7-11(10)14-13-8/h5-7H,4H2,1H3,(H,13,14)(H,15,16). The van der Waals surface area contributed by atoms with Gasteiger partial charge in [-0.05, 0) is 25.1 Å². The quantitative estimate of drug-likeness (QED) is 0.710. The summed E-state index contributed by atoms with van der Waals surface area (Å²) < 4.78 is 0. The molecule has 0 aliphatic carbocycles. The lowest BCUT2D eigenvalue weighted by molar-refractivity contribution is -0.135. The molecule has 0 spiro atoms. The molecule has 16 heavy (non-hydrogen) atoms. The van der Waals surface area contributed by atoms with Crippen molar-refractivity contribution in [2.75, 3.05) is 0 Å². The molecule has 80 valence electrons. The number of carbonyl (C=O) groups is 1. The first-order valence-electron chi connectivity index (χ1n) is 4.82. The van der Waals surface area contributed by atoms with Crippen molar-refractivity contribution in [1.29, 1.82) is 0 Å². The van der Waals surface area contributed by atoms with Crippen LogP contribution < -0.4 is 0 Å². The lowest BCUT2D eigenvalue weighted by Gasteiger charge is -1.91. The number of carboxylic acid groups (broad SMARTS) is 1. The van der Waals surface area contributed by atoms with Gasteiger partial charge in [0.05, 0.1) is 5.52 Å². The van der Waals surface area contributed by atoms with Crippen molar-refractivity contribution in [3.05, 3.63) is 29.5 Å². The number of rotatable bonds is 1. The van der Waals surface area contributed by atoms with Crippen molar-refractivity contribution in [3.63, 3.8) is 0 Å². The summed E-state index contributed by atoms with van der Waals surface area (Å²) in [5, 5.41) is 16.5. The Hall–Kier alpha value is -2.28. The van der Waals surface area contributed by atoms with Gasteiger partial charge in [0.1, 0.15) is 6.42 Å². The van der Waals surface area contributed by atoms with Crippen molar-refractivity contribution in [2.45, 2.75) is 13.3 Å². The van der Waals surface area contributed by atoms with E-state index in [2.05, 4.69) is 22.0 Å². The van der Waals surface area contributed by atoms with E-state index in [0.29, 0.717) is 0 Å². The molecule has 0 unspecified atom stereocenters. The van der Waals surface area contributed by atoms with Crippen LogP contribution in [0.2, 0.25) is 0 Å². The third kappa shape index (κ3) is 2.04. The molecule has 0 bridgehead atoms. The van der Waals surface area contributed by atoms with Crippen molar-refractivity contribution in [2.24, 2.45) is 0 Å². The van der Waals surface area contributed by atoms with Gasteiger partial charge in [0.2, 0.25) is 0 Å². The van der Waals surface area contributed by atoms with Gasteiger partial charge in [-0.3, -0.25) is 9.89 Å². The van der Waals surface area contributed by atoms with Gasteiger partial charge in [-0.25, -0.2) is 0 Å². The summed E-state index contributed by atoms with van der Waals surface area (Å²) in [5.41, 5.74) is 2.64. The van der Waals surface area contributed by atoms with Crippen LogP contribution in [-0.4, -0.2) is 21.3 Å². The van der Waals surface area contributed by atoms with E-state index in [4.69, 9.17) is 5.11 Å². The molecule has 1 heterocycles. The first-order chi connectivity index (χ1) is 7.66. The smallest absolute Gasteiger partial charge is 0.315 e. The monoisotopic (exact) mass is 214 g/mol. The number of hydrogen-bond acceptors (Lipinski definition) is 2. The van der Waals surface area contributed by atoms with E-state index in [1.807, 2.05) is 25.1 Å². The Balaban J connectivity index is 2.31. The molecule has 0 saturated heterocycles. The van der Waals surface area contributed by atoms with Crippen LogP contribution >= 0.6 is 0 Å². The summed E-state index contributed by atoms with van der Waals surface area (Å²) in [6.07, 6.45) is -0.141. The molecule has 1 aromatic heterocycles. The number of carboxylic acids is 1. The first kappa shape index (κ1) is 10.2. The Morgan fingerprint density at radius 1 is 1.56 bits per heavy atom. The van der Waals surface area contributed by atoms with Crippen LogP contribution in [0.4, 0.5) is 0 Å². The van der Waals surface area contributed by atoms with E-state index >= 15 is 0 Å². The second-order valence-corrected chi connectivity index (χ2v) is 3.45. The Kier molecular flexibility index (Phi) is 2.61. The van der Waals surface area contributed by atoms with Gasteiger partial charge in [0.15, 0.2) is 0 Å². The second kappa shape index (κ2) is 4.07. The normalized spacial score (nSPS) is 9.81. The number of H-pyrrole nitrogens is 1. The molecule has 0 aliphatic heterocycles. The molecule has 0 saturated carbocycles. The molecule has 0 amide bonds. The fourth-order valence-electron chi connectivity index (χ4n) is 1.45. The number of aliphatic carboxylic acids is 1. The molecular formula is C12H10N2O2. The number of aryl methyl sites for hydroxylation is 1. The summed E-state index contributed by atoms with van der Waals surface area (Å²) in [4.78, 5) is 10.3. The molecule has 1 aromatic carbocycles. The maximum atomic E-state index is 10.3. The van der Waals surface area contributed by atoms with Gasteiger partial charge < -0.3 is 5.11 Å². The third-order valence-electron chi connectivity index (χ3n) is 2.22. The van der Waals surface area contributed by atoms with Crippen molar-refractivity contribution < 1.29 is 9.90 Å². The summed E-state index contributed by atoms with van der Waals surface area (Å²) in [5.74, 6) is 4.46. The Morgan fingerprint density at radius 2 is 2.38 bits per heavy atom. The third-order valence-corrected chi connectivity index (χ3v) is 2.22. The summed E-state index contributed by atoms with van der Waals surface area (Å²) in [6, 6.07) is 5.63. The van der Waals surface area contributed by atoms with Crippen LogP contribution in [0, 0.1) is 18.8 Å². The van der Waals surface area contributed by atoms with E-state index in [1.165, 1.54) is 0 Å². The van der Waals surface area contributed by atoms with Crippen molar-refractivity contribution in [1.82, 2.24) is 10.2 Å². The van der Waals surface area contributed by atoms with Gasteiger partial charge in [-0.2, -0.15) is 5.10 Å². The number of hydrogen-bond donors (Lipinski definition) is 2. The first-order valence-corrected chi connectivity index (χ1v) is 4.82. The molecule has 0 aliphatic rings. The SMILES string of the molecule is Cc1[nH]nc2cc(C#CCC(=O)O)ccc12. The largest absolute Gasteiger partial charge is 0.481 e. The van der Waals surface area contributed by atoms with Crippen LogP contribution in [-0.2, 0) is 4.79 Å². The fourth-order valence-corrected chi connectivity index (χ4v) is 1.45. The van der Waals surface area contributed by atoms with Crippen molar-refractivity contribution >= 4 is 16.9 Å². The van der Waals surface area contributed by atoms with Crippen LogP contribution in [0.3, 0.4) is 0 Å². The molecule has 2 rings (SSSR count). The summed E-state index contributed by atoms with van der Waals surface area (Å²) in [7, 11) is 0. The highest BCUT2D eigenvalue weighted by molar-refractivity contribution is 5.82. The number of aromatic nitrogens is 2. The number of benzene rings is 1. The van der Waals surface area contributed by atoms with Crippen LogP contribution in [0.25, 0.3) is 10.9 Å². The van der Waals surface area contributed by atoms with E-state index in [9.17, 15) is 4.79 Å². The van der Waals surface area contributed by atoms with Crippen molar-refractivity contribution in [3.8, 4) is 11.8 Å². The Morgan fingerprint density at radius 3 is 3.12 bits per heavy atom. The highest BCUT2D eigenvalue weighted by Crippen LogP contribution is 2.15. The highest BCUT2D eigenvalue weighted by atomic mass is 16.4. The fraction of sp³-hybridized carbons (Fsp3) is 0.167. The second-order valence-electron chi connectivity index (χ2n) is 3.45. The topological polar surface area (TPSA) is 66.0 Å². The molecule has 0 radical (unpaired) electrons. The lowest BCUT2D eigenvalue weighted by Crippen LogP contribution is -1.90. The lowest BCUT2D eigenvalue weighted by atomic mass is 10.1. The van der Waals surface area contributed by atoms with Crippen LogP contribution in [0.1, 0.15) is 17.7 Å². The van der Waals surface area contributed by atoms with E-state index < -0.39 is 5.97 Å².